The maximum atomic E-state index is 12.8. The summed E-state index contributed by atoms with van der Waals surface area (Å²) in [5, 5.41) is 9.63. The number of hydrogen-bond donors (Lipinski definition) is 1. The van der Waals surface area contributed by atoms with Gasteiger partial charge in [-0.25, -0.2) is 4.79 Å². The third kappa shape index (κ3) is 48.5. The van der Waals surface area contributed by atoms with E-state index in [1.54, 1.807) is 0 Å². The number of hydrogen-bond acceptors (Lipinski definition) is 7. The van der Waals surface area contributed by atoms with Gasteiger partial charge in [0.2, 0.25) is 0 Å². The molecule has 0 aromatic heterocycles. The van der Waals surface area contributed by atoms with Gasteiger partial charge >= 0.3 is 17.9 Å². The third-order valence-corrected chi connectivity index (χ3v) is 11.0. The molecule has 0 fully saturated rings. The van der Waals surface area contributed by atoms with Gasteiger partial charge in [0.15, 0.2) is 6.10 Å². The van der Waals surface area contributed by atoms with Gasteiger partial charge in [0.05, 0.1) is 34.4 Å². The second-order valence-corrected chi connectivity index (χ2v) is 18.5. The fourth-order valence-electron chi connectivity index (χ4n) is 6.96. The Morgan fingerprint density at radius 3 is 1.31 bits per heavy atom. The largest absolute Gasteiger partial charge is 0.477 e. The van der Waals surface area contributed by atoms with Crippen molar-refractivity contribution in [3.63, 3.8) is 0 Å². The van der Waals surface area contributed by atoms with Gasteiger partial charge in [0.25, 0.3) is 6.29 Å². The van der Waals surface area contributed by atoms with Crippen LogP contribution in [0.1, 0.15) is 206 Å². The topological polar surface area (TPSA) is 108 Å². The van der Waals surface area contributed by atoms with E-state index in [-0.39, 0.29) is 32.2 Å². The van der Waals surface area contributed by atoms with Crippen molar-refractivity contribution in [3.8, 4) is 0 Å². The molecule has 9 heteroatoms. The zero-order chi connectivity index (χ0) is 47.7. The molecular formula is C56H98NO8+. The lowest BCUT2D eigenvalue weighted by molar-refractivity contribution is -0.870. The van der Waals surface area contributed by atoms with Crippen molar-refractivity contribution in [1.29, 1.82) is 0 Å². The van der Waals surface area contributed by atoms with E-state index in [1.807, 2.05) is 21.1 Å². The molecule has 0 saturated carbocycles. The number of nitrogens with zero attached hydrogens (tertiary/aromatic N) is 1. The summed E-state index contributed by atoms with van der Waals surface area (Å²) in [6, 6.07) is 0. The highest BCUT2D eigenvalue weighted by atomic mass is 16.7. The van der Waals surface area contributed by atoms with E-state index >= 15 is 0 Å². The number of carboxylic acids is 1. The number of likely N-dealkylation sites (N-methyl/N-ethyl adjacent to an activating group) is 1. The SMILES string of the molecule is CC/C=C\C/C=C\C/C=C\C/C=C\C/C=C\C/C=C\CCCCCCCCCCCCCCCCC(=O)OC(COC(=O)CCCCCCCCC)COC(OCC[N+](C)(C)C)C(=O)O. The van der Waals surface area contributed by atoms with E-state index in [2.05, 4.69) is 86.8 Å². The van der Waals surface area contributed by atoms with Crippen LogP contribution in [0.3, 0.4) is 0 Å². The molecule has 0 heterocycles. The first-order valence-electron chi connectivity index (χ1n) is 26.1. The van der Waals surface area contributed by atoms with Crippen molar-refractivity contribution in [3.05, 3.63) is 72.9 Å². The number of aliphatic carboxylic acids is 1. The highest BCUT2D eigenvalue weighted by Crippen LogP contribution is 2.15. The van der Waals surface area contributed by atoms with Crippen LogP contribution in [0.4, 0.5) is 0 Å². The number of quaternary nitrogens is 1. The summed E-state index contributed by atoms with van der Waals surface area (Å²) in [5.41, 5.74) is 0. The number of rotatable bonds is 47. The van der Waals surface area contributed by atoms with E-state index in [9.17, 15) is 19.5 Å². The zero-order valence-electron chi connectivity index (χ0n) is 42.4. The van der Waals surface area contributed by atoms with Gasteiger partial charge < -0.3 is 28.5 Å². The van der Waals surface area contributed by atoms with Crippen molar-refractivity contribution >= 4 is 17.9 Å². The predicted molar refractivity (Wildman–Crippen MR) is 272 cm³/mol. The van der Waals surface area contributed by atoms with Crippen LogP contribution in [0.25, 0.3) is 0 Å². The molecule has 0 saturated heterocycles. The maximum Gasteiger partial charge on any atom is 0.361 e. The fraction of sp³-hybridized carbons (Fsp3) is 0.732. The normalized spacial score (nSPS) is 13.4. The number of carbonyl (C=O) groups excluding carboxylic acids is 2. The Hall–Kier alpha value is -3.27. The van der Waals surface area contributed by atoms with Crippen LogP contribution in [0, 0.1) is 0 Å². The number of unbranched alkanes of at least 4 members (excludes halogenated alkanes) is 20. The number of carboxylic acid groups (broad SMARTS) is 1. The highest BCUT2D eigenvalue weighted by molar-refractivity contribution is 5.71. The Morgan fingerprint density at radius 2 is 0.877 bits per heavy atom. The van der Waals surface area contributed by atoms with Crippen LogP contribution in [-0.2, 0) is 33.3 Å². The van der Waals surface area contributed by atoms with Gasteiger partial charge in [-0.1, -0.05) is 202 Å². The molecule has 2 atom stereocenters. The molecule has 0 aromatic rings. The summed E-state index contributed by atoms with van der Waals surface area (Å²) >= 11 is 0. The van der Waals surface area contributed by atoms with Gasteiger partial charge in [0, 0.05) is 12.8 Å². The molecule has 0 aromatic carbocycles. The molecule has 0 aliphatic rings. The van der Waals surface area contributed by atoms with Crippen molar-refractivity contribution in [1.82, 2.24) is 0 Å². The molecule has 1 N–H and O–H groups in total. The van der Waals surface area contributed by atoms with Gasteiger partial charge in [-0.05, 0) is 64.2 Å². The van der Waals surface area contributed by atoms with Crippen molar-refractivity contribution in [2.45, 2.75) is 219 Å². The van der Waals surface area contributed by atoms with Gasteiger partial charge in [-0.3, -0.25) is 9.59 Å². The summed E-state index contributed by atoms with van der Waals surface area (Å²) in [4.78, 5) is 37.0. The first-order chi connectivity index (χ1) is 31.6. The molecule has 0 aliphatic heterocycles. The van der Waals surface area contributed by atoms with Gasteiger partial charge in [0.1, 0.15) is 13.2 Å². The lowest BCUT2D eigenvalue weighted by Crippen LogP contribution is -2.40. The minimum atomic E-state index is -1.51. The molecule has 65 heavy (non-hydrogen) atoms. The monoisotopic (exact) mass is 913 g/mol. The third-order valence-electron chi connectivity index (χ3n) is 11.0. The van der Waals surface area contributed by atoms with Crippen molar-refractivity contribution < 1.29 is 42.9 Å². The Morgan fingerprint density at radius 1 is 0.477 bits per heavy atom. The maximum absolute atomic E-state index is 12.8. The molecule has 9 nitrogen and oxygen atoms in total. The molecule has 0 radical (unpaired) electrons. The smallest absolute Gasteiger partial charge is 0.361 e. The molecule has 0 bridgehead atoms. The second kappa shape index (κ2) is 47.2. The molecule has 0 amide bonds. The van der Waals surface area contributed by atoms with Gasteiger partial charge in [-0.15, -0.1) is 0 Å². The summed E-state index contributed by atoms with van der Waals surface area (Å²) in [5.74, 6) is -2.01. The zero-order valence-corrected chi connectivity index (χ0v) is 42.4. The van der Waals surface area contributed by atoms with Crippen LogP contribution in [0.15, 0.2) is 72.9 Å². The second-order valence-electron chi connectivity index (χ2n) is 18.5. The first-order valence-corrected chi connectivity index (χ1v) is 26.1. The van der Waals surface area contributed by atoms with E-state index in [1.165, 1.54) is 103 Å². The quantitative estimate of drug-likeness (QED) is 0.0211. The van der Waals surface area contributed by atoms with E-state index in [0.29, 0.717) is 17.4 Å². The Balaban J connectivity index is 4.04. The molecule has 2 unspecified atom stereocenters. The molecule has 0 rings (SSSR count). The van der Waals surface area contributed by atoms with E-state index in [0.717, 1.165) is 77.0 Å². The number of carbonyl (C=O) groups is 3. The summed E-state index contributed by atoms with van der Waals surface area (Å²) in [7, 11) is 5.95. The molecule has 0 spiro atoms. The predicted octanol–water partition coefficient (Wildman–Crippen LogP) is 14.7. The summed E-state index contributed by atoms with van der Waals surface area (Å²) in [6.45, 7) is 4.70. The van der Waals surface area contributed by atoms with Crippen LogP contribution in [0.2, 0.25) is 0 Å². The molecule has 374 valence electrons. The van der Waals surface area contributed by atoms with Gasteiger partial charge in [-0.2, -0.15) is 0 Å². The fourth-order valence-corrected chi connectivity index (χ4v) is 6.96. The Bertz CT molecular complexity index is 1290. The van der Waals surface area contributed by atoms with Crippen LogP contribution in [-0.4, -0.2) is 87.4 Å². The van der Waals surface area contributed by atoms with Crippen molar-refractivity contribution in [2.24, 2.45) is 0 Å². The number of allylic oxidation sites excluding steroid dienone is 12. The summed E-state index contributed by atoms with van der Waals surface area (Å²) in [6.07, 6.45) is 57.2. The molecular weight excluding hydrogens is 815 g/mol. The summed E-state index contributed by atoms with van der Waals surface area (Å²) < 4.78 is 22.7. The van der Waals surface area contributed by atoms with Crippen LogP contribution < -0.4 is 0 Å². The minimum absolute atomic E-state index is 0.183. The average Bonchev–Trinajstić information content (AvgIpc) is 3.27. The molecule has 0 aliphatic carbocycles. The lowest BCUT2D eigenvalue weighted by Gasteiger charge is -2.25. The van der Waals surface area contributed by atoms with E-state index < -0.39 is 24.3 Å². The Kier molecular flexibility index (Phi) is 44.9. The minimum Gasteiger partial charge on any atom is -0.477 e. The van der Waals surface area contributed by atoms with Crippen molar-refractivity contribution in [2.75, 3.05) is 47.5 Å². The number of ether oxygens (including phenoxy) is 4. The lowest BCUT2D eigenvalue weighted by atomic mass is 10.0. The number of esters is 2. The highest BCUT2D eigenvalue weighted by Gasteiger charge is 2.25. The van der Waals surface area contributed by atoms with Crippen LogP contribution >= 0.6 is 0 Å². The standard InChI is InChI=1S/C56H97NO8/c1-6-8-10-12-14-15-16-17-18-19-20-21-22-23-24-25-26-27-28-29-30-31-32-33-34-35-36-37-38-39-41-43-45-47-54(59)65-52(50-63-53(58)46-44-42-40-13-11-9-7-2)51-64-56(55(60)61)62-49-48-57(3,4)5/h8,10,14-15,17-18,20-21,23-24,26-27,52,56H,6-7,9,11-13,16,19,22,25,28-51H2,1-5H3/p+1/b10-8-,15-14-,18-17-,21-20-,24-23-,27-26-. The Labute approximate surface area is 398 Å². The first kappa shape index (κ1) is 61.7. The average molecular weight is 913 g/mol. The van der Waals surface area contributed by atoms with E-state index in [4.69, 9.17) is 18.9 Å². The van der Waals surface area contributed by atoms with Crippen LogP contribution in [0.5, 0.6) is 0 Å².